The number of benzene rings is 1. The first kappa shape index (κ1) is 16.9. The molecule has 1 aromatic carbocycles. The lowest BCUT2D eigenvalue weighted by molar-refractivity contribution is -0.289. The van der Waals surface area contributed by atoms with Crippen molar-refractivity contribution in [1.29, 1.82) is 0 Å². The Labute approximate surface area is 115 Å². The lowest BCUT2D eigenvalue weighted by atomic mass is 10.1. The van der Waals surface area contributed by atoms with Gasteiger partial charge < -0.3 is 9.47 Å². The third-order valence-electron chi connectivity index (χ3n) is 2.17. The van der Waals surface area contributed by atoms with Crippen molar-refractivity contribution in [2.45, 2.75) is 25.9 Å². The number of rotatable bonds is 3. The Bertz CT molecular complexity index is 565. The zero-order valence-corrected chi connectivity index (χ0v) is 10.8. The summed E-state index contributed by atoms with van der Waals surface area (Å²) in [6, 6.07) is 1.42. The Morgan fingerprint density at radius 2 is 1.38 bits per heavy atom. The average molecular weight is 312 g/mol. The molecular formula is C12H9F5O4. The van der Waals surface area contributed by atoms with Crippen molar-refractivity contribution in [2.75, 3.05) is 0 Å². The van der Waals surface area contributed by atoms with Gasteiger partial charge in [0.2, 0.25) is 0 Å². The summed E-state index contributed by atoms with van der Waals surface area (Å²) in [7, 11) is 0. The van der Waals surface area contributed by atoms with E-state index in [0.29, 0.717) is 18.2 Å². The minimum atomic E-state index is -5.82. The van der Waals surface area contributed by atoms with Crippen molar-refractivity contribution in [1.82, 2.24) is 0 Å². The van der Waals surface area contributed by atoms with Gasteiger partial charge in [-0.05, 0) is 18.2 Å². The molecule has 0 aromatic heterocycles. The van der Waals surface area contributed by atoms with Crippen LogP contribution in [0.4, 0.5) is 22.0 Å². The van der Waals surface area contributed by atoms with Gasteiger partial charge in [-0.1, -0.05) is 0 Å². The Morgan fingerprint density at radius 1 is 0.905 bits per heavy atom. The molecule has 0 spiro atoms. The molecule has 21 heavy (non-hydrogen) atoms. The SMILES string of the molecule is CC(=O)Oc1ccc(C(F)(F)C(F)(F)F)cc1OC(C)=O. The van der Waals surface area contributed by atoms with Crippen molar-refractivity contribution in [3.63, 3.8) is 0 Å². The number of carbonyl (C=O) groups is 2. The van der Waals surface area contributed by atoms with Crippen LogP contribution in [0.2, 0.25) is 0 Å². The second kappa shape index (κ2) is 5.66. The van der Waals surface area contributed by atoms with Gasteiger partial charge in [0.25, 0.3) is 0 Å². The fraction of sp³-hybridized carbons (Fsp3) is 0.333. The summed E-state index contributed by atoms with van der Waals surface area (Å²) >= 11 is 0. The number of carbonyl (C=O) groups excluding carboxylic acids is 2. The number of halogens is 5. The van der Waals surface area contributed by atoms with Crippen LogP contribution in [-0.2, 0) is 15.5 Å². The maximum Gasteiger partial charge on any atom is 0.458 e. The fourth-order valence-electron chi connectivity index (χ4n) is 1.34. The second-order valence-corrected chi connectivity index (χ2v) is 3.92. The van der Waals surface area contributed by atoms with E-state index < -0.39 is 41.1 Å². The van der Waals surface area contributed by atoms with Crippen LogP contribution >= 0.6 is 0 Å². The van der Waals surface area contributed by atoms with Crippen LogP contribution in [0, 0.1) is 0 Å². The first-order chi connectivity index (χ1) is 9.45. The first-order valence-corrected chi connectivity index (χ1v) is 5.41. The lowest BCUT2D eigenvalue weighted by Gasteiger charge is -2.20. The molecule has 0 aliphatic heterocycles. The second-order valence-electron chi connectivity index (χ2n) is 3.92. The Balaban J connectivity index is 3.33. The quantitative estimate of drug-likeness (QED) is 0.489. The predicted molar refractivity (Wildman–Crippen MR) is 59.0 cm³/mol. The summed E-state index contributed by atoms with van der Waals surface area (Å²) in [5.74, 6) is -8.13. The molecule has 0 saturated heterocycles. The molecule has 1 rings (SSSR count). The van der Waals surface area contributed by atoms with Gasteiger partial charge in [-0.2, -0.15) is 22.0 Å². The fourth-order valence-corrected chi connectivity index (χ4v) is 1.34. The summed E-state index contributed by atoms with van der Waals surface area (Å²) in [5.41, 5.74) is -1.44. The Kier molecular flexibility index (Phi) is 4.55. The zero-order valence-electron chi connectivity index (χ0n) is 10.8. The molecule has 0 bridgehead atoms. The largest absolute Gasteiger partial charge is 0.458 e. The normalized spacial score (nSPS) is 12.0. The van der Waals surface area contributed by atoms with E-state index in [4.69, 9.17) is 0 Å². The van der Waals surface area contributed by atoms with E-state index in [1.165, 1.54) is 0 Å². The highest BCUT2D eigenvalue weighted by Gasteiger charge is 2.58. The summed E-state index contributed by atoms with van der Waals surface area (Å²) < 4.78 is 72.3. The molecule has 0 N–H and O–H groups in total. The van der Waals surface area contributed by atoms with Crippen molar-refractivity contribution in [3.05, 3.63) is 23.8 Å². The molecule has 1 aromatic rings. The summed E-state index contributed by atoms with van der Waals surface area (Å²) in [5, 5.41) is 0. The smallest absolute Gasteiger partial charge is 0.423 e. The minimum absolute atomic E-state index is 0.299. The number of hydrogen-bond acceptors (Lipinski definition) is 4. The molecule has 0 fully saturated rings. The van der Waals surface area contributed by atoms with Crippen molar-refractivity contribution in [2.24, 2.45) is 0 Å². The number of esters is 2. The summed E-state index contributed by atoms with van der Waals surface area (Å²) in [6.07, 6.45) is -5.82. The molecule has 4 nitrogen and oxygen atoms in total. The highest BCUT2D eigenvalue weighted by atomic mass is 19.4. The van der Waals surface area contributed by atoms with Crippen molar-refractivity contribution >= 4 is 11.9 Å². The topological polar surface area (TPSA) is 52.6 Å². The molecule has 0 amide bonds. The monoisotopic (exact) mass is 312 g/mol. The van der Waals surface area contributed by atoms with Crippen LogP contribution < -0.4 is 9.47 Å². The van der Waals surface area contributed by atoms with Crippen LogP contribution in [0.25, 0.3) is 0 Å². The first-order valence-electron chi connectivity index (χ1n) is 5.41. The van der Waals surface area contributed by atoms with Crippen molar-refractivity contribution in [3.8, 4) is 11.5 Å². The van der Waals surface area contributed by atoms with E-state index >= 15 is 0 Å². The van der Waals surface area contributed by atoms with Gasteiger partial charge in [0.1, 0.15) is 0 Å². The molecule has 0 radical (unpaired) electrons. The van der Waals surface area contributed by atoms with Crippen LogP contribution in [-0.4, -0.2) is 18.1 Å². The molecule has 0 heterocycles. The van der Waals surface area contributed by atoms with Gasteiger partial charge in [0, 0.05) is 19.4 Å². The van der Waals surface area contributed by atoms with Crippen LogP contribution in [0.3, 0.4) is 0 Å². The van der Waals surface area contributed by atoms with Crippen molar-refractivity contribution < 1.29 is 41.0 Å². The maximum absolute atomic E-state index is 13.2. The van der Waals surface area contributed by atoms with E-state index in [2.05, 4.69) is 9.47 Å². The maximum atomic E-state index is 13.2. The van der Waals surface area contributed by atoms with Gasteiger partial charge >= 0.3 is 24.0 Å². The predicted octanol–water partition coefficient (Wildman–Crippen LogP) is 3.19. The third kappa shape index (κ3) is 3.89. The van der Waals surface area contributed by atoms with Gasteiger partial charge in [0.15, 0.2) is 11.5 Å². The average Bonchev–Trinajstić information content (AvgIpc) is 2.28. The molecule has 0 atom stereocenters. The van der Waals surface area contributed by atoms with Crippen LogP contribution in [0.15, 0.2) is 18.2 Å². The molecule has 9 heteroatoms. The lowest BCUT2D eigenvalue weighted by Crippen LogP contribution is -2.33. The minimum Gasteiger partial charge on any atom is -0.423 e. The van der Waals surface area contributed by atoms with E-state index in [1.807, 2.05) is 0 Å². The molecule has 0 aliphatic rings. The van der Waals surface area contributed by atoms with Gasteiger partial charge in [-0.15, -0.1) is 0 Å². The van der Waals surface area contributed by atoms with Gasteiger partial charge in [-0.3, -0.25) is 9.59 Å². The van der Waals surface area contributed by atoms with Crippen LogP contribution in [0.5, 0.6) is 11.5 Å². The highest BCUT2D eigenvalue weighted by Crippen LogP contribution is 2.45. The standard InChI is InChI=1S/C12H9F5O4/c1-6(18)20-9-4-3-8(5-10(9)21-7(2)19)11(13,14)12(15,16)17/h3-5H,1-2H3. The molecule has 116 valence electrons. The summed E-state index contributed by atoms with van der Waals surface area (Å²) in [6.45, 7) is 1.89. The molecule has 0 aliphatic carbocycles. The Hall–Kier alpha value is -2.19. The molecule has 0 saturated carbocycles. The highest BCUT2D eigenvalue weighted by molar-refractivity contribution is 5.73. The van der Waals surface area contributed by atoms with E-state index in [-0.39, 0.29) is 0 Å². The van der Waals surface area contributed by atoms with E-state index in [9.17, 15) is 31.5 Å². The third-order valence-corrected chi connectivity index (χ3v) is 2.17. The van der Waals surface area contributed by atoms with Gasteiger partial charge in [0.05, 0.1) is 0 Å². The van der Waals surface area contributed by atoms with E-state index in [1.54, 1.807) is 0 Å². The van der Waals surface area contributed by atoms with Gasteiger partial charge in [-0.25, -0.2) is 0 Å². The zero-order chi connectivity index (χ0) is 16.4. The summed E-state index contributed by atoms with van der Waals surface area (Å²) in [4.78, 5) is 21.6. The molecular weight excluding hydrogens is 303 g/mol. The van der Waals surface area contributed by atoms with Crippen LogP contribution in [0.1, 0.15) is 19.4 Å². The number of alkyl halides is 5. The molecule has 0 unspecified atom stereocenters. The van der Waals surface area contributed by atoms with E-state index in [0.717, 1.165) is 13.8 Å². The number of ether oxygens (including phenoxy) is 2. The Morgan fingerprint density at radius 3 is 1.81 bits per heavy atom. The number of hydrogen-bond donors (Lipinski definition) is 0.